The van der Waals surface area contributed by atoms with Crippen molar-refractivity contribution in [3.05, 3.63) is 65.2 Å². The minimum Gasteiger partial charge on any atom is -0.368 e. The standard InChI is InChI=1S/C19H21N3O2/c1-12-7-8-17-15(9-12)14(13-5-3-2-4-6-13)10-16(20)19(24)22(17)11-18(21)23/h2-9,14,16H,10-11,20H2,1H3,(H2,21,23). The first-order valence-corrected chi connectivity index (χ1v) is 7.98. The van der Waals surface area contributed by atoms with Crippen LogP contribution in [0.3, 0.4) is 0 Å². The Balaban J connectivity index is 2.17. The summed E-state index contributed by atoms with van der Waals surface area (Å²) in [5, 5.41) is 0. The predicted octanol–water partition coefficient (Wildman–Crippen LogP) is 1.68. The van der Waals surface area contributed by atoms with Crippen LogP contribution in [0.25, 0.3) is 0 Å². The van der Waals surface area contributed by atoms with E-state index in [1.54, 1.807) is 0 Å². The van der Waals surface area contributed by atoms with Crippen LogP contribution in [0.1, 0.15) is 29.0 Å². The molecule has 5 nitrogen and oxygen atoms in total. The van der Waals surface area contributed by atoms with E-state index >= 15 is 0 Å². The number of primary amides is 1. The molecule has 1 aliphatic heterocycles. The lowest BCUT2D eigenvalue weighted by Gasteiger charge is -2.24. The summed E-state index contributed by atoms with van der Waals surface area (Å²) in [6.07, 6.45) is 0.495. The first-order valence-electron chi connectivity index (χ1n) is 7.98. The highest BCUT2D eigenvalue weighted by atomic mass is 16.2. The van der Waals surface area contributed by atoms with Crippen molar-refractivity contribution in [2.75, 3.05) is 11.4 Å². The third-order valence-electron chi connectivity index (χ3n) is 4.44. The molecule has 124 valence electrons. The van der Waals surface area contributed by atoms with Crippen LogP contribution in [-0.2, 0) is 9.59 Å². The molecule has 0 aromatic heterocycles. The molecular formula is C19H21N3O2. The number of carbonyl (C=O) groups excluding carboxylic acids is 2. The molecule has 0 aliphatic carbocycles. The Morgan fingerprint density at radius 2 is 1.92 bits per heavy atom. The summed E-state index contributed by atoms with van der Waals surface area (Å²) >= 11 is 0. The summed E-state index contributed by atoms with van der Waals surface area (Å²) in [6.45, 7) is 1.84. The zero-order valence-electron chi connectivity index (χ0n) is 13.6. The van der Waals surface area contributed by atoms with Gasteiger partial charge in [0.05, 0.1) is 6.04 Å². The maximum absolute atomic E-state index is 12.7. The summed E-state index contributed by atoms with van der Waals surface area (Å²) in [5.74, 6) is -0.824. The molecule has 1 aliphatic rings. The molecule has 2 aromatic rings. The van der Waals surface area contributed by atoms with Gasteiger partial charge in [-0.15, -0.1) is 0 Å². The molecule has 2 amide bonds. The smallest absolute Gasteiger partial charge is 0.244 e. The number of fused-ring (bicyclic) bond motifs is 1. The molecular weight excluding hydrogens is 302 g/mol. The molecule has 3 rings (SSSR count). The molecule has 2 aromatic carbocycles. The third kappa shape index (κ3) is 3.03. The molecule has 5 heteroatoms. The topological polar surface area (TPSA) is 89.4 Å². The number of aryl methyl sites for hydroxylation is 1. The zero-order chi connectivity index (χ0) is 17.3. The number of benzene rings is 2. The number of amides is 2. The second kappa shape index (κ2) is 6.45. The lowest BCUT2D eigenvalue weighted by atomic mass is 9.85. The quantitative estimate of drug-likeness (QED) is 0.900. The molecule has 0 radical (unpaired) electrons. The van der Waals surface area contributed by atoms with E-state index < -0.39 is 11.9 Å². The number of hydrogen-bond acceptors (Lipinski definition) is 3. The van der Waals surface area contributed by atoms with Crippen LogP contribution in [0.5, 0.6) is 0 Å². The highest BCUT2D eigenvalue weighted by molar-refractivity contribution is 6.02. The van der Waals surface area contributed by atoms with Crippen LogP contribution in [0, 0.1) is 6.92 Å². The Hall–Kier alpha value is -2.66. The van der Waals surface area contributed by atoms with Crippen LogP contribution in [0.15, 0.2) is 48.5 Å². The van der Waals surface area contributed by atoms with Crippen molar-refractivity contribution in [1.82, 2.24) is 0 Å². The van der Waals surface area contributed by atoms with Crippen LogP contribution in [0.4, 0.5) is 5.69 Å². The van der Waals surface area contributed by atoms with Gasteiger partial charge in [0.15, 0.2) is 0 Å². The van der Waals surface area contributed by atoms with Crippen LogP contribution in [0.2, 0.25) is 0 Å². The van der Waals surface area contributed by atoms with E-state index in [9.17, 15) is 9.59 Å². The van der Waals surface area contributed by atoms with Gasteiger partial charge in [0.25, 0.3) is 0 Å². The van der Waals surface area contributed by atoms with Gasteiger partial charge in [0, 0.05) is 11.6 Å². The molecule has 0 fully saturated rings. The van der Waals surface area contributed by atoms with Gasteiger partial charge >= 0.3 is 0 Å². The summed E-state index contributed by atoms with van der Waals surface area (Å²) in [6, 6.07) is 15.2. The van der Waals surface area contributed by atoms with Crippen LogP contribution >= 0.6 is 0 Å². The highest BCUT2D eigenvalue weighted by Gasteiger charge is 2.34. The summed E-state index contributed by atoms with van der Waals surface area (Å²) in [5.41, 5.74) is 15.4. The van der Waals surface area contributed by atoms with Gasteiger partial charge in [0.1, 0.15) is 6.54 Å². The summed E-state index contributed by atoms with van der Waals surface area (Å²) in [4.78, 5) is 25.6. The molecule has 24 heavy (non-hydrogen) atoms. The van der Waals surface area contributed by atoms with E-state index in [2.05, 4.69) is 6.07 Å². The number of carbonyl (C=O) groups is 2. The Labute approximate surface area is 141 Å². The Kier molecular flexibility index (Phi) is 4.36. The van der Waals surface area contributed by atoms with E-state index in [-0.39, 0.29) is 18.4 Å². The van der Waals surface area contributed by atoms with Crippen molar-refractivity contribution in [3.63, 3.8) is 0 Å². The molecule has 2 atom stereocenters. The van der Waals surface area contributed by atoms with Crippen molar-refractivity contribution >= 4 is 17.5 Å². The minimum absolute atomic E-state index is 0.00192. The lowest BCUT2D eigenvalue weighted by molar-refractivity contribution is -0.123. The van der Waals surface area contributed by atoms with E-state index in [1.165, 1.54) is 4.90 Å². The highest BCUT2D eigenvalue weighted by Crippen LogP contribution is 2.39. The molecule has 2 unspecified atom stereocenters. The SMILES string of the molecule is Cc1ccc2c(c1)C(c1ccccc1)CC(N)C(=O)N2CC(N)=O. The first-order chi connectivity index (χ1) is 11.5. The van der Waals surface area contributed by atoms with Crippen LogP contribution < -0.4 is 16.4 Å². The van der Waals surface area contributed by atoms with E-state index in [4.69, 9.17) is 11.5 Å². The van der Waals surface area contributed by atoms with Crippen LogP contribution in [-0.4, -0.2) is 24.4 Å². The maximum Gasteiger partial charge on any atom is 0.244 e. The van der Waals surface area contributed by atoms with Crippen molar-refractivity contribution in [1.29, 1.82) is 0 Å². The van der Waals surface area contributed by atoms with Gasteiger partial charge in [0.2, 0.25) is 11.8 Å². The zero-order valence-corrected chi connectivity index (χ0v) is 13.6. The average molecular weight is 323 g/mol. The van der Waals surface area contributed by atoms with Crippen molar-refractivity contribution < 1.29 is 9.59 Å². The Morgan fingerprint density at radius 3 is 2.58 bits per heavy atom. The maximum atomic E-state index is 12.7. The summed E-state index contributed by atoms with van der Waals surface area (Å²) < 4.78 is 0. The number of nitrogens with two attached hydrogens (primary N) is 2. The minimum atomic E-state index is -0.678. The van der Waals surface area contributed by atoms with Gasteiger partial charge in [-0.05, 0) is 30.5 Å². The second-order valence-electron chi connectivity index (χ2n) is 6.26. The third-order valence-corrected chi connectivity index (χ3v) is 4.44. The average Bonchev–Trinajstić information content (AvgIpc) is 2.66. The van der Waals surface area contributed by atoms with Gasteiger partial charge < -0.3 is 16.4 Å². The van der Waals surface area contributed by atoms with Gasteiger partial charge in [-0.25, -0.2) is 0 Å². The van der Waals surface area contributed by atoms with Gasteiger partial charge in [-0.2, -0.15) is 0 Å². The van der Waals surface area contributed by atoms with E-state index in [0.717, 1.165) is 16.7 Å². The molecule has 0 bridgehead atoms. The van der Waals surface area contributed by atoms with Gasteiger partial charge in [-0.1, -0.05) is 48.0 Å². The van der Waals surface area contributed by atoms with Gasteiger partial charge in [-0.3, -0.25) is 9.59 Å². The van der Waals surface area contributed by atoms with Crippen molar-refractivity contribution in [2.45, 2.75) is 25.3 Å². The predicted molar refractivity (Wildman–Crippen MR) is 93.6 cm³/mol. The number of anilines is 1. The molecule has 0 saturated heterocycles. The monoisotopic (exact) mass is 323 g/mol. The lowest BCUT2D eigenvalue weighted by Crippen LogP contribution is -2.46. The molecule has 0 spiro atoms. The normalized spacial score (nSPS) is 20.4. The first kappa shape index (κ1) is 16.2. The number of rotatable bonds is 3. The Morgan fingerprint density at radius 1 is 1.21 bits per heavy atom. The Bertz CT molecular complexity index is 773. The fraction of sp³-hybridized carbons (Fsp3) is 0.263. The summed E-state index contributed by atoms with van der Waals surface area (Å²) in [7, 11) is 0. The van der Waals surface area contributed by atoms with E-state index in [1.807, 2.05) is 49.4 Å². The fourth-order valence-electron chi connectivity index (χ4n) is 3.32. The van der Waals surface area contributed by atoms with E-state index in [0.29, 0.717) is 12.1 Å². The molecule has 0 saturated carbocycles. The van der Waals surface area contributed by atoms with Crippen molar-refractivity contribution in [2.24, 2.45) is 11.5 Å². The number of nitrogens with zero attached hydrogens (tertiary/aromatic N) is 1. The van der Waals surface area contributed by atoms with Crippen molar-refractivity contribution in [3.8, 4) is 0 Å². The second-order valence-corrected chi connectivity index (χ2v) is 6.26. The fourth-order valence-corrected chi connectivity index (χ4v) is 3.32. The molecule has 1 heterocycles. The number of hydrogen-bond donors (Lipinski definition) is 2. The molecule has 4 N–H and O–H groups in total. The largest absolute Gasteiger partial charge is 0.368 e.